The minimum absolute atomic E-state index is 0.0770. The van der Waals surface area contributed by atoms with Crippen LogP contribution in [0.3, 0.4) is 0 Å². The second kappa shape index (κ2) is 7.93. The molecule has 0 saturated carbocycles. The molecule has 0 saturated heterocycles. The van der Waals surface area contributed by atoms with Crippen molar-refractivity contribution in [2.75, 3.05) is 13.2 Å². The van der Waals surface area contributed by atoms with Crippen molar-refractivity contribution in [1.29, 1.82) is 0 Å². The highest BCUT2D eigenvalue weighted by Gasteiger charge is 2.40. The first-order chi connectivity index (χ1) is 12.6. The van der Waals surface area contributed by atoms with Crippen molar-refractivity contribution in [1.82, 2.24) is 4.90 Å². The number of rotatable bonds is 7. The summed E-state index contributed by atoms with van der Waals surface area (Å²) in [5, 5.41) is 0. The maximum atomic E-state index is 12.6. The number of esters is 1. The van der Waals surface area contributed by atoms with E-state index in [-0.39, 0.29) is 13.2 Å². The van der Waals surface area contributed by atoms with Gasteiger partial charge in [0.05, 0.1) is 30.4 Å². The van der Waals surface area contributed by atoms with Crippen LogP contribution in [-0.2, 0) is 20.9 Å². The van der Waals surface area contributed by atoms with Gasteiger partial charge in [0.1, 0.15) is 6.61 Å². The molecule has 0 aromatic heterocycles. The third-order valence-electron chi connectivity index (χ3n) is 4.09. The largest absolute Gasteiger partial charge is 0.464 e. The van der Waals surface area contributed by atoms with Crippen LogP contribution in [0, 0.1) is 0 Å². The molecule has 6 heteroatoms. The van der Waals surface area contributed by atoms with Gasteiger partial charge in [-0.05, 0) is 17.7 Å². The lowest BCUT2D eigenvalue weighted by atomic mass is 10.1. The van der Waals surface area contributed by atoms with Gasteiger partial charge < -0.3 is 9.47 Å². The highest BCUT2D eigenvalue weighted by atomic mass is 16.5. The average Bonchev–Trinajstić information content (AvgIpc) is 2.90. The molecule has 0 fully saturated rings. The number of benzene rings is 2. The molecular formula is C20H19NO5. The molecule has 2 aromatic carbocycles. The summed E-state index contributed by atoms with van der Waals surface area (Å²) in [4.78, 5) is 37.6. The molecule has 2 aromatic rings. The van der Waals surface area contributed by atoms with Crippen LogP contribution in [0.15, 0.2) is 54.6 Å². The first kappa shape index (κ1) is 17.8. The Morgan fingerprint density at radius 3 is 2.08 bits per heavy atom. The van der Waals surface area contributed by atoms with Crippen molar-refractivity contribution in [2.24, 2.45) is 0 Å². The van der Waals surface area contributed by atoms with E-state index >= 15 is 0 Å². The third-order valence-corrected chi connectivity index (χ3v) is 4.09. The number of imide groups is 1. The van der Waals surface area contributed by atoms with Crippen LogP contribution in [0.5, 0.6) is 0 Å². The van der Waals surface area contributed by atoms with Crippen molar-refractivity contribution in [3.8, 4) is 0 Å². The van der Waals surface area contributed by atoms with E-state index in [2.05, 4.69) is 0 Å². The zero-order valence-electron chi connectivity index (χ0n) is 14.4. The Labute approximate surface area is 151 Å². The number of amides is 2. The Bertz CT molecular complexity index is 783. The number of nitrogens with zero attached hydrogens (tertiary/aromatic N) is 1. The quantitative estimate of drug-likeness (QED) is 0.565. The summed E-state index contributed by atoms with van der Waals surface area (Å²) in [5.41, 5.74) is 1.68. The smallest absolute Gasteiger partial charge is 0.302 e. The van der Waals surface area contributed by atoms with Crippen molar-refractivity contribution in [3.63, 3.8) is 0 Å². The summed E-state index contributed by atoms with van der Waals surface area (Å²) < 4.78 is 10.7. The van der Waals surface area contributed by atoms with Gasteiger partial charge in [-0.15, -0.1) is 0 Å². The van der Waals surface area contributed by atoms with Crippen LogP contribution in [-0.4, -0.2) is 41.9 Å². The van der Waals surface area contributed by atoms with Crippen LogP contribution in [0.2, 0.25) is 0 Å². The number of fused-ring (bicyclic) bond motifs is 1. The van der Waals surface area contributed by atoms with Crippen LogP contribution < -0.4 is 0 Å². The molecule has 26 heavy (non-hydrogen) atoms. The molecule has 0 aliphatic carbocycles. The van der Waals surface area contributed by atoms with Crippen molar-refractivity contribution in [3.05, 3.63) is 71.3 Å². The minimum atomic E-state index is -0.685. The highest BCUT2D eigenvalue weighted by Crippen LogP contribution is 2.25. The number of hydrogen-bond donors (Lipinski definition) is 0. The molecule has 1 unspecified atom stereocenters. The predicted molar refractivity (Wildman–Crippen MR) is 93.5 cm³/mol. The van der Waals surface area contributed by atoms with Gasteiger partial charge in [-0.3, -0.25) is 19.3 Å². The predicted octanol–water partition coefficient (Wildman–Crippen LogP) is 2.43. The van der Waals surface area contributed by atoms with Gasteiger partial charge in [0.15, 0.2) is 0 Å². The van der Waals surface area contributed by atoms with Crippen LogP contribution in [0.4, 0.5) is 0 Å². The maximum absolute atomic E-state index is 12.6. The fraction of sp³-hybridized carbons (Fsp3) is 0.250. The molecule has 1 aliphatic heterocycles. The molecule has 3 rings (SSSR count). The second-order valence-electron chi connectivity index (χ2n) is 5.98. The lowest BCUT2D eigenvalue weighted by Crippen LogP contribution is -2.45. The maximum Gasteiger partial charge on any atom is 0.302 e. The van der Waals surface area contributed by atoms with Gasteiger partial charge in [-0.2, -0.15) is 0 Å². The van der Waals surface area contributed by atoms with Crippen LogP contribution in [0.25, 0.3) is 0 Å². The molecule has 0 bridgehead atoms. The Balaban J connectivity index is 1.72. The van der Waals surface area contributed by atoms with Crippen LogP contribution >= 0.6 is 0 Å². The van der Waals surface area contributed by atoms with E-state index in [0.717, 1.165) is 10.5 Å². The van der Waals surface area contributed by atoms with Crippen molar-refractivity contribution >= 4 is 17.8 Å². The molecule has 1 aliphatic rings. The number of hydrogen-bond acceptors (Lipinski definition) is 5. The minimum Gasteiger partial charge on any atom is -0.464 e. The topological polar surface area (TPSA) is 72.9 Å². The zero-order chi connectivity index (χ0) is 18.5. The number of carbonyl (C=O) groups is 3. The second-order valence-corrected chi connectivity index (χ2v) is 5.98. The fourth-order valence-electron chi connectivity index (χ4n) is 2.84. The summed E-state index contributed by atoms with van der Waals surface area (Å²) in [6.07, 6.45) is 0. The first-order valence-corrected chi connectivity index (χ1v) is 8.30. The van der Waals surface area contributed by atoms with Gasteiger partial charge in [0.2, 0.25) is 0 Å². The Kier molecular flexibility index (Phi) is 5.43. The molecule has 0 N–H and O–H groups in total. The normalized spacial score (nSPS) is 14.3. The summed E-state index contributed by atoms with van der Waals surface area (Å²) in [6, 6.07) is 15.5. The van der Waals surface area contributed by atoms with Crippen molar-refractivity contribution in [2.45, 2.75) is 19.6 Å². The van der Waals surface area contributed by atoms with Crippen LogP contribution in [0.1, 0.15) is 33.2 Å². The van der Waals surface area contributed by atoms with Gasteiger partial charge in [0.25, 0.3) is 11.8 Å². The van der Waals surface area contributed by atoms with E-state index in [1.54, 1.807) is 24.3 Å². The lowest BCUT2D eigenvalue weighted by Gasteiger charge is -2.25. The van der Waals surface area contributed by atoms with Gasteiger partial charge in [-0.25, -0.2) is 0 Å². The summed E-state index contributed by atoms with van der Waals surface area (Å²) in [7, 11) is 0. The summed E-state index contributed by atoms with van der Waals surface area (Å²) in [5.74, 6) is -1.27. The molecular weight excluding hydrogens is 334 g/mol. The monoisotopic (exact) mass is 353 g/mol. The molecule has 2 amide bonds. The zero-order valence-corrected chi connectivity index (χ0v) is 14.4. The molecule has 6 nitrogen and oxygen atoms in total. The van der Waals surface area contributed by atoms with E-state index in [1.165, 1.54) is 6.92 Å². The van der Waals surface area contributed by atoms with E-state index in [1.807, 2.05) is 30.3 Å². The molecule has 0 spiro atoms. The van der Waals surface area contributed by atoms with E-state index in [9.17, 15) is 14.4 Å². The Morgan fingerprint density at radius 1 is 0.923 bits per heavy atom. The van der Waals surface area contributed by atoms with E-state index < -0.39 is 23.8 Å². The molecule has 134 valence electrons. The SMILES string of the molecule is CC(=O)OCC(COCc1ccccc1)N1C(=O)c2ccccc2C1=O. The van der Waals surface area contributed by atoms with E-state index in [4.69, 9.17) is 9.47 Å². The first-order valence-electron chi connectivity index (χ1n) is 8.30. The fourth-order valence-corrected chi connectivity index (χ4v) is 2.84. The van der Waals surface area contributed by atoms with Gasteiger partial charge in [-0.1, -0.05) is 42.5 Å². The summed E-state index contributed by atoms with van der Waals surface area (Å²) >= 11 is 0. The van der Waals surface area contributed by atoms with Gasteiger partial charge in [0, 0.05) is 6.92 Å². The van der Waals surface area contributed by atoms with Gasteiger partial charge >= 0.3 is 5.97 Å². The highest BCUT2D eigenvalue weighted by molar-refractivity contribution is 6.21. The lowest BCUT2D eigenvalue weighted by molar-refractivity contribution is -0.143. The Hall–Kier alpha value is -2.99. The number of ether oxygens (including phenoxy) is 2. The Morgan fingerprint density at radius 2 is 1.50 bits per heavy atom. The number of carbonyl (C=O) groups excluding carboxylic acids is 3. The van der Waals surface area contributed by atoms with E-state index in [0.29, 0.717) is 17.7 Å². The summed E-state index contributed by atoms with van der Waals surface area (Å²) in [6.45, 7) is 1.59. The van der Waals surface area contributed by atoms with Crippen molar-refractivity contribution < 1.29 is 23.9 Å². The molecule has 1 heterocycles. The molecule has 0 radical (unpaired) electrons. The third kappa shape index (κ3) is 3.81. The standard InChI is InChI=1S/C20H19NO5/c1-14(22)26-13-16(12-25-11-15-7-3-2-4-8-15)21-19(23)17-9-5-6-10-18(17)20(21)24/h2-10,16H,11-13H2,1H3. The molecule has 1 atom stereocenters. The average molecular weight is 353 g/mol.